The average molecular weight is 480 g/mol. The van der Waals surface area contributed by atoms with Crippen molar-refractivity contribution in [1.82, 2.24) is 0 Å². The SMILES string of the molecule is CC1(Cc2c(F)c(F)c(Cc3c(F)c(F)c(CC4(C)COC4)c(F)c3F)c(F)c2F)COC1. The normalized spacial score (nSPS) is 18.7. The van der Waals surface area contributed by atoms with Crippen LogP contribution in [-0.2, 0) is 28.7 Å². The van der Waals surface area contributed by atoms with E-state index in [0.29, 0.717) is 0 Å². The third-order valence-corrected chi connectivity index (χ3v) is 6.25. The Labute approximate surface area is 184 Å². The zero-order chi connectivity index (χ0) is 24.3. The zero-order valence-electron chi connectivity index (χ0n) is 17.8. The van der Waals surface area contributed by atoms with Crippen molar-refractivity contribution in [3.05, 3.63) is 68.8 Å². The summed E-state index contributed by atoms with van der Waals surface area (Å²) in [6.07, 6.45) is -2.18. The van der Waals surface area contributed by atoms with Gasteiger partial charge in [-0.15, -0.1) is 0 Å². The number of rotatable bonds is 6. The highest BCUT2D eigenvalue weighted by Gasteiger charge is 2.39. The van der Waals surface area contributed by atoms with Crippen LogP contribution in [0.2, 0.25) is 0 Å². The van der Waals surface area contributed by atoms with Crippen LogP contribution in [0.25, 0.3) is 0 Å². The van der Waals surface area contributed by atoms with Crippen molar-refractivity contribution in [1.29, 1.82) is 0 Å². The lowest BCUT2D eigenvalue weighted by molar-refractivity contribution is -0.101. The number of benzene rings is 2. The summed E-state index contributed by atoms with van der Waals surface area (Å²) >= 11 is 0. The predicted octanol–water partition coefficient (Wildman–Crippen LogP) is 5.55. The van der Waals surface area contributed by atoms with Crippen LogP contribution >= 0.6 is 0 Å². The minimum absolute atomic E-state index is 0.128. The van der Waals surface area contributed by atoms with Crippen molar-refractivity contribution in [2.24, 2.45) is 10.8 Å². The lowest BCUT2D eigenvalue weighted by Crippen LogP contribution is -2.42. The van der Waals surface area contributed by atoms with E-state index in [1.165, 1.54) is 0 Å². The molecule has 0 N–H and O–H groups in total. The van der Waals surface area contributed by atoms with Gasteiger partial charge in [0.15, 0.2) is 46.5 Å². The van der Waals surface area contributed by atoms with E-state index in [-0.39, 0.29) is 39.3 Å². The maximum atomic E-state index is 14.6. The Morgan fingerprint density at radius 1 is 0.485 bits per heavy atom. The molecule has 4 rings (SSSR count). The Balaban J connectivity index is 1.73. The maximum absolute atomic E-state index is 14.6. The minimum atomic E-state index is -1.88. The minimum Gasteiger partial charge on any atom is -0.380 e. The summed E-state index contributed by atoms with van der Waals surface area (Å²) in [7, 11) is 0. The van der Waals surface area contributed by atoms with Crippen LogP contribution in [0.5, 0.6) is 0 Å². The van der Waals surface area contributed by atoms with Gasteiger partial charge in [-0.2, -0.15) is 0 Å². The van der Waals surface area contributed by atoms with Crippen molar-refractivity contribution >= 4 is 0 Å². The second kappa shape index (κ2) is 8.23. The Hall–Kier alpha value is -2.20. The van der Waals surface area contributed by atoms with Crippen LogP contribution in [-0.4, -0.2) is 26.4 Å². The molecule has 0 amide bonds. The number of halogens is 8. The topological polar surface area (TPSA) is 18.5 Å². The fraction of sp³-hybridized carbons (Fsp3) is 0.478. The molecular weight excluding hydrogens is 460 g/mol. The van der Waals surface area contributed by atoms with Gasteiger partial charge in [0, 0.05) is 39.5 Å². The summed E-state index contributed by atoms with van der Waals surface area (Å²) < 4.78 is 127. The second-order valence-corrected chi connectivity index (χ2v) is 9.56. The van der Waals surface area contributed by atoms with Gasteiger partial charge in [-0.1, -0.05) is 13.8 Å². The highest BCUT2D eigenvalue weighted by Crippen LogP contribution is 2.38. The maximum Gasteiger partial charge on any atom is 0.165 e. The van der Waals surface area contributed by atoms with Crippen LogP contribution in [0.4, 0.5) is 35.1 Å². The Morgan fingerprint density at radius 3 is 0.939 bits per heavy atom. The molecule has 0 radical (unpaired) electrons. The third-order valence-electron chi connectivity index (χ3n) is 6.25. The highest BCUT2D eigenvalue weighted by molar-refractivity contribution is 5.38. The Bertz CT molecular complexity index is 977. The second-order valence-electron chi connectivity index (χ2n) is 9.56. The van der Waals surface area contributed by atoms with Gasteiger partial charge in [0.2, 0.25) is 0 Å². The van der Waals surface area contributed by atoms with Gasteiger partial charge in [0.05, 0.1) is 26.4 Å². The molecule has 10 heteroatoms. The molecule has 33 heavy (non-hydrogen) atoms. The summed E-state index contributed by atoms with van der Waals surface area (Å²) in [4.78, 5) is 0. The fourth-order valence-electron chi connectivity index (χ4n) is 4.20. The van der Waals surface area contributed by atoms with E-state index < -0.39 is 86.0 Å². The molecule has 0 spiro atoms. The summed E-state index contributed by atoms with van der Waals surface area (Å²) in [6, 6.07) is 0. The van der Waals surface area contributed by atoms with Crippen LogP contribution in [0.15, 0.2) is 0 Å². The van der Waals surface area contributed by atoms with Crippen molar-refractivity contribution < 1.29 is 44.6 Å². The van der Waals surface area contributed by atoms with Gasteiger partial charge in [0.25, 0.3) is 0 Å². The largest absolute Gasteiger partial charge is 0.380 e. The molecule has 0 bridgehead atoms. The summed E-state index contributed by atoms with van der Waals surface area (Å²) in [5.74, 6) is -14.4. The quantitative estimate of drug-likeness (QED) is 0.399. The fourth-order valence-corrected chi connectivity index (χ4v) is 4.20. The van der Waals surface area contributed by atoms with E-state index in [2.05, 4.69) is 0 Å². The molecular formula is C23H20F8O2. The summed E-state index contributed by atoms with van der Waals surface area (Å²) in [5.41, 5.74) is -5.94. The molecule has 0 aliphatic carbocycles. The molecule has 180 valence electrons. The smallest absolute Gasteiger partial charge is 0.165 e. The van der Waals surface area contributed by atoms with E-state index in [9.17, 15) is 35.1 Å². The number of hydrogen-bond acceptors (Lipinski definition) is 2. The summed E-state index contributed by atoms with van der Waals surface area (Å²) in [6.45, 7) is 3.72. The van der Waals surface area contributed by atoms with Crippen LogP contribution in [0.1, 0.15) is 36.1 Å². The molecule has 2 aliphatic rings. The molecule has 2 fully saturated rings. The van der Waals surface area contributed by atoms with Crippen LogP contribution in [0.3, 0.4) is 0 Å². The van der Waals surface area contributed by atoms with Crippen LogP contribution < -0.4 is 0 Å². The van der Waals surface area contributed by atoms with Gasteiger partial charge >= 0.3 is 0 Å². The summed E-state index contributed by atoms with van der Waals surface area (Å²) in [5, 5.41) is 0. The first-order valence-corrected chi connectivity index (χ1v) is 10.2. The monoisotopic (exact) mass is 480 g/mol. The molecule has 0 saturated carbocycles. The van der Waals surface area contributed by atoms with Gasteiger partial charge in [-0.25, -0.2) is 35.1 Å². The number of ether oxygens (including phenoxy) is 2. The molecule has 0 atom stereocenters. The van der Waals surface area contributed by atoms with Crippen LogP contribution in [0, 0.1) is 57.4 Å². The van der Waals surface area contributed by atoms with Gasteiger partial charge in [-0.05, 0) is 12.8 Å². The van der Waals surface area contributed by atoms with Crippen molar-refractivity contribution in [3.8, 4) is 0 Å². The van der Waals surface area contributed by atoms with Gasteiger partial charge in [0.1, 0.15) is 0 Å². The van der Waals surface area contributed by atoms with E-state index in [4.69, 9.17) is 9.47 Å². The van der Waals surface area contributed by atoms with E-state index in [1.807, 2.05) is 0 Å². The first kappa shape index (κ1) is 23.9. The van der Waals surface area contributed by atoms with Crippen molar-refractivity contribution in [2.45, 2.75) is 33.1 Å². The average Bonchev–Trinajstić information content (AvgIpc) is 2.74. The molecule has 2 heterocycles. The first-order valence-electron chi connectivity index (χ1n) is 10.2. The third kappa shape index (κ3) is 4.01. The van der Waals surface area contributed by atoms with E-state index >= 15 is 0 Å². The van der Waals surface area contributed by atoms with E-state index in [1.54, 1.807) is 13.8 Å². The molecule has 0 unspecified atom stereocenters. The highest BCUT2D eigenvalue weighted by atomic mass is 19.2. The van der Waals surface area contributed by atoms with Gasteiger partial charge in [-0.3, -0.25) is 0 Å². The molecule has 0 aromatic heterocycles. The van der Waals surface area contributed by atoms with Gasteiger partial charge < -0.3 is 9.47 Å². The predicted molar refractivity (Wildman–Crippen MR) is 101 cm³/mol. The molecule has 2 saturated heterocycles. The number of hydrogen-bond donors (Lipinski definition) is 0. The first-order chi connectivity index (χ1) is 15.4. The molecule has 2 aromatic carbocycles. The van der Waals surface area contributed by atoms with E-state index in [0.717, 1.165) is 0 Å². The molecule has 2 aromatic rings. The zero-order valence-corrected chi connectivity index (χ0v) is 17.8. The Morgan fingerprint density at radius 2 is 0.727 bits per heavy atom. The lowest BCUT2D eigenvalue weighted by atomic mass is 9.81. The lowest BCUT2D eigenvalue weighted by Gasteiger charge is -2.38. The standard InChI is InChI=1S/C23H20F8O2/c1-22(6-32-7-22)4-12-18(28)14(24)10(15(25)19(12)29)3-11-16(26)20(30)13(21(31)17(11)27)5-23(2)8-33-9-23/h3-9H2,1-2H3. The van der Waals surface area contributed by atoms with Crippen molar-refractivity contribution in [2.75, 3.05) is 26.4 Å². The van der Waals surface area contributed by atoms with Crippen molar-refractivity contribution in [3.63, 3.8) is 0 Å². The molecule has 2 nitrogen and oxygen atoms in total. The molecule has 2 aliphatic heterocycles. The Kier molecular flexibility index (Phi) is 5.97.